The van der Waals surface area contributed by atoms with Crippen molar-refractivity contribution in [1.29, 1.82) is 0 Å². The normalized spacial score (nSPS) is 25.6. The summed E-state index contributed by atoms with van der Waals surface area (Å²) >= 11 is 0. The molecular formula is C35H56N4O5. The molecule has 0 spiro atoms. The Bertz CT molecular complexity index is 1200. The van der Waals surface area contributed by atoms with E-state index in [1.165, 1.54) is 0 Å². The summed E-state index contributed by atoms with van der Waals surface area (Å²) in [6, 6.07) is 0. The van der Waals surface area contributed by atoms with E-state index < -0.39 is 5.60 Å². The van der Waals surface area contributed by atoms with Crippen LogP contribution in [0.1, 0.15) is 117 Å². The minimum absolute atomic E-state index is 0.0189. The number of hydrogen-bond acceptors (Lipinski definition) is 8. The van der Waals surface area contributed by atoms with E-state index >= 15 is 0 Å². The number of ether oxygens (including phenoxy) is 2. The summed E-state index contributed by atoms with van der Waals surface area (Å²) in [6.07, 6.45) is 7.00. The Morgan fingerprint density at radius 1 is 1.09 bits per heavy atom. The first-order valence-corrected chi connectivity index (χ1v) is 16.7. The number of nitrogens with one attached hydrogen (secondary N) is 1. The van der Waals surface area contributed by atoms with Gasteiger partial charge in [0.2, 0.25) is 0 Å². The Kier molecular flexibility index (Phi) is 10.5. The van der Waals surface area contributed by atoms with Crippen LogP contribution >= 0.6 is 0 Å². The predicted molar refractivity (Wildman–Crippen MR) is 172 cm³/mol. The van der Waals surface area contributed by atoms with Gasteiger partial charge in [-0.25, -0.2) is 14.8 Å². The summed E-state index contributed by atoms with van der Waals surface area (Å²) in [6.45, 7) is 18.4. The number of carbonyl (C=O) groups is 3. The average molecular weight is 613 g/mol. The molecule has 1 aromatic rings. The second-order valence-corrected chi connectivity index (χ2v) is 16.0. The van der Waals surface area contributed by atoms with Crippen LogP contribution in [0.25, 0.3) is 0 Å². The number of piperidine rings is 1. The van der Waals surface area contributed by atoms with E-state index in [1.807, 2.05) is 20.8 Å². The predicted octanol–water partition coefficient (Wildman–Crippen LogP) is 6.70. The van der Waals surface area contributed by atoms with Gasteiger partial charge >= 0.3 is 6.09 Å². The SMILES string of the molecule is COCCCNc1nc(C(C)(C)C)ncc1C(=O)C[C@@]1(C2C[C@@H](C(=O)C3CC3)CN(C(=O)OC(C)(C)C)C2)CC1CC(C)C. The molecular weight excluding hydrogens is 556 g/mol. The minimum Gasteiger partial charge on any atom is -0.444 e. The molecule has 0 bridgehead atoms. The Morgan fingerprint density at radius 2 is 1.80 bits per heavy atom. The largest absolute Gasteiger partial charge is 0.444 e. The van der Waals surface area contributed by atoms with Crippen LogP contribution in [-0.2, 0) is 19.7 Å². The second kappa shape index (κ2) is 13.4. The quantitative estimate of drug-likeness (QED) is 0.194. The number of likely N-dealkylation sites (tertiary alicyclic amines) is 1. The zero-order valence-corrected chi connectivity index (χ0v) is 28.6. The van der Waals surface area contributed by atoms with Crippen LogP contribution in [0.5, 0.6) is 0 Å². The van der Waals surface area contributed by atoms with Crippen molar-refractivity contribution in [1.82, 2.24) is 14.9 Å². The van der Waals surface area contributed by atoms with Crippen molar-refractivity contribution in [3.63, 3.8) is 0 Å². The fourth-order valence-electron chi connectivity index (χ4n) is 6.95. The maximum absolute atomic E-state index is 14.3. The molecule has 3 fully saturated rings. The topological polar surface area (TPSA) is 111 Å². The van der Waals surface area contributed by atoms with Crippen molar-refractivity contribution in [2.75, 3.05) is 38.7 Å². The number of Topliss-reactive ketones (excluding diaryl/α,β-unsaturated/α-hetero) is 2. The van der Waals surface area contributed by atoms with Gasteiger partial charge in [0.05, 0.1) is 5.56 Å². The monoisotopic (exact) mass is 612 g/mol. The molecule has 0 radical (unpaired) electrons. The van der Waals surface area contributed by atoms with E-state index in [2.05, 4.69) is 44.9 Å². The second-order valence-electron chi connectivity index (χ2n) is 16.0. The Balaban J connectivity index is 1.64. The lowest BCUT2D eigenvalue weighted by atomic mass is 9.72. The number of nitrogens with zero attached hydrogens (tertiary/aromatic N) is 3. The fourth-order valence-corrected chi connectivity index (χ4v) is 6.95. The van der Waals surface area contributed by atoms with Crippen LogP contribution in [0.15, 0.2) is 6.20 Å². The molecule has 2 heterocycles. The third-order valence-electron chi connectivity index (χ3n) is 9.40. The molecule has 0 aromatic carbocycles. The molecule has 1 N–H and O–H groups in total. The minimum atomic E-state index is -0.626. The molecule has 4 atom stereocenters. The fraction of sp³-hybridized carbons (Fsp3) is 0.800. The van der Waals surface area contributed by atoms with Crippen LogP contribution in [0.4, 0.5) is 10.6 Å². The molecule has 9 heteroatoms. The van der Waals surface area contributed by atoms with Crippen LogP contribution in [0, 0.1) is 35.0 Å². The molecule has 1 aliphatic heterocycles. The van der Waals surface area contributed by atoms with Crippen LogP contribution in [0.2, 0.25) is 0 Å². The Labute approximate surface area is 264 Å². The van der Waals surface area contributed by atoms with Crippen molar-refractivity contribution < 1.29 is 23.9 Å². The number of anilines is 1. The summed E-state index contributed by atoms with van der Waals surface area (Å²) in [5.41, 5.74) is -0.657. The van der Waals surface area contributed by atoms with Gasteiger partial charge in [-0.3, -0.25) is 9.59 Å². The van der Waals surface area contributed by atoms with E-state index in [-0.39, 0.29) is 46.2 Å². The average Bonchev–Trinajstić information content (AvgIpc) is 3.86. The highest BCUT2D eigenvalue weighted by Gasteiger charge is 2.61. The van der Waals surface area contributed by atoms with Gasteiger partial charge in [-0.1, -0.05) is 34.6 Å². The molecule has 3 aliphatic rings. The van der Waals surface area contributed by atoms with Gasteiger partial charge < -0.3 is 19.7 Å². The number of methoxy groups -OCH3 is 1. The lowest BCUT2D eigenvalue weighted by Crippen LogP contribution is -2.50. The van der Waals surface area contributed by atoms with Gasteiger partial charge in [-0.2, -0.15) is 0 Å². The molecule has 1 saturated heterocycles. The molecule has 2 unspecified atom stereocenters. The van der Waals surface area contributed by atoms with Crippen LogP contribution in [-0.4, -0.2) is 71.5 Å². The third-order valence-corrected chi connectivity index (χ3v) is 9.40. The number of carbonyl (C=O) groups excluding carboxylic acids is 3. The molecule has 9 nitrogen and oxygen atoms in total. The van der Waals surface area contributed by atoms with Gasteiger partial charge in [0.25, 0.3) is 0 Å². The summed E-state index contributed by atoms with van der Waals surface area (Å²) in [5.74, 6) is 2.34. The Hall–Kier alpha value is -2.55. The summed E-state index contributed by atoms with van der Waals surface area (Å²) in [7, 11) is 1.68. The van der Waals surface area contributed by atoms with Crippen molar-refractivity contribution in [3.05, 3.63) is 17.6 Å². The molecule has 44 heavy (non-hydrogen) atoms. The number of hydrogen-bond donors (Lipinski definition) is 1. The highest BCUT2D eigenvalue weighted by Crippen LogP contribution is 2.65. The van der Waals surface area contributed by atoms with Gasteiger partial charge in [-0.15, -0.1) is 0 Å². The highest BCUT2D eigenvalue weighted by molar-refractivity contribution is 6.00. The first-order chi connectivity index (χ1) is 20.5. The van der Waals surface area contributed by atoms with Gasteiger partial charge in [-0.05, 0) is 82.5 Å². The Morgan fingerprint density at radius 3 is 2.39 bits per heavy atom. The molecule has 2 saturated carbocycles. The number of ketones is 2. The molecule has 1 amide bonds. The van der Waals surface area contributed by atoms with Crippen molar-refractivity contribution in [2.45, 2.75) is 111 Å². The smallest absolute Gasteiger partial charge is 0.410 e. The number of aromatic nitrogens is 2. The number of rotatable bonds is 13. The van der Waals surface area contributed by atoms with E-state index in [4.69, 9.17) is 14.5 Å². The standard InChI is InChI=1S/C35H56N4O5/c1-22(2)15-25-17-35(25,18-28(40)27-19-37-31(33(3,4)5)38-30(27)36-13-10-14-43-9)26-16-24(29(41)23-11-12-23)20-39(21-26)32(42)44-34(6,7)8/h19,22-26H,10-18,20-21H2,1-9H3,(H,36,37,38)/t24-,25?,26?,35+/m1/s1. The maximum atomic E-state index is 14.3. The van der Waals surface area contributed by atoms with Crippen molar-refractivity contribution in [3.8, 4) is 0 Å². The van der Waals surface area contributed by atoms with E-state index in [0.717, 1.165) is 38.5 Å². The summed E-state index contributed by atoms with van der Waals surface area (Å²) in [5, 5.41) is 3.39. The third kappa shape index (κ3) is 8.58. The zero-order chi connectivity index (χ0) is 32.4. The summed E-state index contributed by atoms with van der Waals surface area (Å²) < 4.78 is 11.0. The van der Waals surface area contributed by atoms with E-state index in [0.29, 0.717) is 61.7 Å². The van der Waals surface area contributed by atoms with Crippen LogP contribution in [0.3, 0.4) is 0 Å². The zero-order valence-electron chi connectivity index (χ0n) is 28.6. The van der Waals surface area contributed by atoms with Gasteiger partial charge in [0.15, 0.2) is 5.78 Å². The number of amides is 1. The molecule has 1 aromatic heterocycles. The lowest BCUT2D eigenvalue weighted by Gasteiger charge is -2.42. The van der Waals surface area contributed by atoms with E-state index in [9.17, 15) is 14.4 Å². The van der Waals surface area contributed by atoms with Gasteiger partial charge in [0, 0.05) is 63.2 Å². The molecule has 4 rings (SSSR count). The summed E-state index contributed by atoms with van der Waals surface area (Å²) in [4.78, 5) is 52.3. The van der Waals surface area contributed by atoms with Crippen molar-refractivity contribution >= 4 is 23.5 Å². The van der Waals surface area contributed by atoms with Crippen LogP contribution < -0.4 is 5.32 Å². The van der Waals surface area contributed by atoms with E-state index in [1.54, 1.807) is 18.2 Å². The first kappa shape index (κ1) is 34.3. The first-order valence-electron chi connectivity index (χ1n) is 16.7. The highest BCUT2D eigenvalue weighted by atomic mass is 16.6. The lowest BCUT2D eigenvalue weighted by molar-refractivity contribution is -0.126. The molecule has 246 valence electrons. The van der Waals surface area contributed by atoms with Gasteiger partial charge in [0.1, 0.15) is 23.0 Å². The van der Waals surface area contributed by atoms with Crippen molar-refractivity contribution in [2.24, 2.45) is 35.0 Å². The maximum Gasteiger partial charge on any atom is 0.410 e. The molecule has 2 aliphatic carbocycles.